The van der Waals surface area contributed by atoms with E-state index in [-0.39, 0.29) is 23.2 Å². The van der Waals surface area contributed by atoms with Crippen LogP contribution in [0.2, 0.25) is 0 Å². The van der Waals surface area contributed by atoms with Crippen LogP contribution in [0.15, 0.2) is 0 Å². The Bertz CT molecular complexity index is 609. The van der Waals surface area contributed by atoms with Crippen LogP contribution in [-0.4, -0.2) is 59.0 Å². The molecule has 0 saturated heterocycles. The molecule has 0 aliphatic heterocycles. The fraction of sp³-hybridized carbons (Fsp3) is 0.692. The van der Waals surface area contributed by atoms with Gasteiger partial charge in [0.1, 0.15) is 5.25 Å². The highest BCUT2D eigenvalue weighted by Crippen LogP contribution is 2.16. The lowest BCUT2D eigenvalue weighted by atomic mass is 10.1. The fourth-order valence-corrected chi connectivity index (χ4v) is 2.73. The molecule has 0 saturated carbocycles. The van der Waals surface area contributed by atoms with Gasteiger partial charge in [0.2, 0.25) is 16.8 Å². The van der Waals surface area contributed by atoms with Gasteiger partial charge in [-0.25, -0.2) is 8.42 Å². The molecule has 0 fully saturated rings. The van der Waals surface area contributed by atoms with Crippen LogP contribution in [0.1, 0.15) is 33.6 Å². The number of hydrogen-bond donors (Lipinski definition) is 2. The van der Waals surface area contributed by atoms with Gasteiger partial charge in [-0.3, -0.25) is 14.4 Å². The van der Waals surface area contributed by atoms with Crippen LogP contribution in [0, 0.1) is 5.53 Å². The zero-order valence-electron chi connectivity index (χ0n) is 13.5. The van der Waals surface area contributed by atoms with Crippen molar-refractivity contribution >= 4 is 44.6 Å². The van der Waals surface area contributed by atoms with Crippen molar-refractivity contribution in [2.75, 3.05) is 6.26 Å². The molecule has 130 valence electrons. The van der Waals surface area contributed by atoms with Crippen molar-refractivity contribution in [1.29, 1.82) is 5.53 Å². The number of sulfone groups is 1. The molecule has 8 nitrogen and oxygen atoms in total. The molecule has 2 atom stereocenters. The van der Waals surface area contributed by atoms with E-state index in [1.54, 1.807) is 13.8 Å². The summed E-state index contributed by atoms with van der Waals surface area (Å²) in [5.74, 6) is -1.23. The van der Waals surface area contributed by atoms with Crippen molar-refractivity contribution in [2.24, 2.45) is 0 Å². The summed E-state index contributed by atoms with van der Waals surface area (Å²) in [5, 5.41) is 0.752. The van der Waals surface area contributed by atoms with Gasteiger partial charge >= 0.3 is 6.21 Å². The molecule has 0 aromatic carbocycles. The van der Waals surface area contributed by atoms with Gasteiger partial charge in [0.05, 0.1) is 16.4 Å². The van der Waals surface area contributed by atoms with E-state index >= 15 is 0 Å². The summed E-state index contributed by atoms with van der Waals surface area (Å²) in [6.07, 6.45) is 1.69. The molecule has 0 bridgehead atoms. The van der Waals surface area contributed by atoms with E-state index < -0.39 is 32.8 Å². The minimum absolute atomic E-state index is 0.0141. The zero-order chi connectivity index (χ0) is 18.2. The molecule has 0 spiro atoms. The van der Waals surface area contributed by atoms with Crippen LogP contribution in [0.25, 0.3) is 0 Å². The van der Waals surface area contributed by atoms with E-state index in [9.17, 15) is 22.8 Å². The lowest BCUT2D eigenvalue weighted by molar-refractivity contribution is -0.131. The Kier molecular flexibility index (Phi) is 8.96. The van der Waals surface area contributed by atoms with Crippen molar-refractivity contribution in [2.45, 2.75) is 50.2 Å². The molecular formula is C13H22N3O5S2+. The smallest absolute Gasteiger partial charge is 0.344 e. The number of hydrogen-bond acceptors (Lipinski definition) is 7. The van der Waals surface area contributed by atoms with Gasteiger partial charge in [-0.2, -0.15) is 0 Å². The van der Waals surface area contributed by atoms with Gasteiger partial charge in [-0.1, -0.05) is 25.6 Å². The largest absolute Gasteiger partial charge is 0.372 e. The molecule has 0 heterocycles. The molecule has 0 aliphatic rings. The quantitative estimate of drug-likeness (QED) is 0.341. The number of carbonyl (C=O) groups excluding carboxylic acids is 3. The second-order valence-electron chi connectivity index (χ2n) is 5.28. The summed E-state index contributed by atoms with van der Waals surface area (Å²) in [6, 6.07) is -0.970. The maximum atomic E-state index is 12.1. The van der Waals surface area contributed by atoms with Crippen molar-refractivity contribution in [3.8, 4) is 0 Å². The van der Waals surface area contributed by atoms with E-state index in [0.717, 1.165) is 24.2 Å². The molecule has 0 radical (unpaired) electrons. The Labute approximate surface area is 139 Å². The third-order valence-electron chi connectivity index (χ3n) is 2.85. The maximum absolute atomic E-state index is 12.1. The first-order valence-corrected chi connectivity index (χ1v) is 9.74. The van der Waals surface area contributed by atoms with Crippen LogP contribution in [0.4, 0.5) is 0 Å². The Morgan fingerprint density at radius 3 is 2.26 bits per heavy atom. The number of amides is 1. The summed E-state index contributed by atoms with van der Waals surface area (Å²) in [5.41, 5.74) is 6.57. The maximum Gasteiger partial charge on any atom is 0.372 e. The first kappa shape index (κ1) is 21.5. The Morgan fingerprint density at radius 1 is 1.26 bits per heavy atom. The molecule has 0 aromatic heterocycles. The van der Waals surface area contributed by atoms with Gasteiger partial charge < -0.3 is 5.32 Å². The lowest BCUT2D eigenvalue weighted by Crippen LogP contribution is -2.46. The first-order valence-electron chi connectivity index (χ1n) is 6.91. The zero-order valence-corrected chi connectivity index (χ0v) is 15.2. The number of Topliss-reactive ketones (excluding diaryl/α,β-unsaturated/α-hetero) is 1. The number of carbonyl (C=O) groups is 3. The summed E-state index contributed by atoms with van der Waals surface area (Å²) >= 11 is 1.00. The number of ketones is 1. The highest BCUT2D eigenvalue weighted by Gasteiger charge is 2.29. The molecule has 2 N–H and O–H groups in total. The van der Waals surface area contributed by atoms with E-state index in [2.05, 4.69) is 10.1 Å². The second-order valence-corrected chi connectivity index (χ2v) is 9.23. The number of thioether (sulfide) groups is 1. The Balaban J connectivity index is 5.04. The van der Waals surface area contributed by atoms with E-state index in [1.165, 1.54) is 6.92 Å². The predicted molar refractivity (Wildman–Crippen MR) is 87.3 cm³/mol. The average Bonchev–Trinajstić information content (AvgIpc) is 2.40. The Hall–Kier alpha value is -1.51. The van der Waals surface area contributed by atoms with Crippen molar-refractivity contribution in [3.05, 3.63) is 0 Å². The normalized spacial score (nSPS) is 13.8. The van der Waals surface area contributed by atoms with Crippen LogP contribution in [0.5, 0.6) is 0 Å². The minimum Gasteiger partial charge on any atom is -0.344 e. The molecule has 1 amide bonds. The molecule has 10 heteroatoms. The van der Waals surface area contributed by atoms with Crippen molar-refractivity contribution < 1.29 is 27.6 Å². The Morgan fingerprint density at radius 2 is 1.83 bits per heavy atom. The number of nitrogens with one attached hydrogen (secondary N) is 2. The molecule has 0 unspecified atom stereocenters. The molecular weight excluding hydrogens is 342 g/mol. The van der Waals surface area contributed by atoms with Crippen LogP contribution >= 0.6 is 11.8 Å². The van der Waals surface area contributed by atoms with E-state index in [4.69, 9.17) is 5.53 Å². The van der Waals surface area contributed by atoms with Crippen molar-refractivity contribution in [1.82, 2.24) is 5.32 Å². The van der Waals surface area contributed by atoms with Crippen LogP contribution in [0.3, 0.4) is 0 Å². The van der Waals surface area contributed by atoms with E-state index in [1.807, 2.05) is 0 Å². The summed E-state index contributed by atoms with van der Waals surface area (Å²) in [6.45, 7) is 4.84. The average molecular weight is 364 g/mol. The van der Waals surface area contributed by atoms with Gasteiger partial charge in [0, 0.05) is 17.9 Å². The molecule has 0 aliphatic carbocycles. The first-order chi connectivity index (χ1) is 10.5. The topological polar surface area (TPSA) is 135 Å². The van der Waals surface area contributed by atoms with E-state index in [0.29, 0.717) is 0 Å². The number of nitrogens with zero attached hydrogens (tertiary/aromatic N) is 1. The molecule has 0 aromatic rings. The fourth-order valence-electron chi connectivity index (χ4n) is 1.47. The van der Waals surface area contributed by atoms with Gasteiger partial charge in [-0.05, 0) is 13.3 Å². The highest BCUT2D eigenvalue weighted by atomic mass is 32.2. The summed E-state index contributed by atoms with van der Waals surface area (Å²) < 4.78 is 22.8. The van der Waals surface area contributed by atoms with Gasteiger partial charge in [0.25, 0.3) is 0 Å². The third kappa shape index (κ3) is 8.63. The summed E-state index contributed by atoms with van der Waals surface area (Å²) in [7, 11) is -3.58. The summed E-state index contributed by atoms with van der Waals surface area (Å²) in [4.78, 5) is 38.3. The SMILES string of the molecule is CC(C)SC(=O)[C@H](CCC(=O)C=[N+]=N)NC(=O)[C@H](C)S(C)(=O)=O. The standard InChI is InChI=1S/C13H21N3O5S2/c1-8(2)22-13(19)11(6-5-10(17)7-15-14)16-12(18)9(3)23(4,20)21/h7-9,11,14H,5-6H2,1-4H3/p+1/t9-,11-/m0/s1. The number of rotatable bonds is 9. The molecule has 23 heavy (non-hydrogen) atoms. The van der Waals surface area contributed by atoms with Gasteiger partial charge in [0.15, 0.2) is 9.84 Å². The van der Waals surface area contributed by atoms with Crippen molar-refractivity contribution in [3.63, 3.8) is 0 Å². The second kappa shape index (κ2) is 9.59. The highest BCUT2D eigenvalue weighted by molar-refractivity contribution is 8.14. The van der Waals surface area contributed by atoms with Crippen LogP contribution in [-0.2, 0) is 24.2 Å². The predicted octanol–water partition coefficient (Wildman–Crippen LogP) is 0.232. The minimum atomic E-state index is -3.58. The monoisotopic (exact) mass is 364 g/mol. The lowest BCUT2D eigenvalue weighted by Gasteiger charge is -2.19. The van der Waals surface area contributed by atoms with Gasteiger partial charge in [-0.15, -0.1) is 0 Å². The third-order valence-corrected chi connectivity index (χ3v) is 5.34. The van der Waals surface area contributed by atoms with Crippen LogP contribution < -0.4 is 5.32 Å². The molecule has 0 rings (SSSR count).